The van der Waals surface area contributed by atoms with Gasteiger partial charge in [0.05, 0.1) is 5.69 Å². The molecule has 2 aliphatic heterocycles. The maximum atomic E-state index is 12.4. The highest BCUT2D eigenvalue weighted by atomic mass is 35.5. The van der Waals surface area contributed by atoms with E-state index in [-0.39, 0.29) is 11.5 Å². The van der Waals surface area contributed by atoms with Crippen molar-refractivity contribution < 1.29 is 19.2 Å². The molecule has 2 atom stereocenters. The number of benzene rings is 1. The van der Waals surface area contributed by atoms with Gasteiger partial charge in [0.15, 0.2) is 5.78 Å². The van der Waals surface area contributed by atoms with Crippen LogP contribution in [-0.2, 0) is 19.2 Å². The number of imide groups is 1. The number of amides is 2. The van der Waals surface area contributed by atoms with Crippen molar-refractivity contribution in [1.82, 2.24) is 0 Å². The van der Waals surface area contributed by atoms with Crippen LogP contribution in [0.4, 0.5) is 5.69 Å². The molecule has 102 valence electrons. The van der Waals surface area contributed by atoms with Crippen molar-refractivity contribution in [1.29, 1.82) is 0 Å². The number of rotatable bonds is 2. The van der Waals surface area contributed by atoms with Gasteiger partial charge in [0.2, 0.25) is 12.0 Å². The molecule has 7 heteroatoms. The van der Waals surface area contributed by atoms with Crippen LogP contribution in [0.2, 0.25) is 5.02 Å². The average Bonchev–Trinajstić information content (AvgIpc) is 2.94. The van der Waals surface area contributed by atoms with Gasteiger partial charge in [-0.05, 0) is 24.3 Å². The maximum absolute atomic E-state index is 12.4. The molecule has 20 heavy (non-hydrogen) atoms. The Kier molecular flexibility index (Phi) is 2.83. The fourth-order valence-corrected chi connectivity index (χ4v) is 2.44. The monoisotopic (exact) mass is 292 g/mol. The summed E-state index contributed by atoms with van der Waals surface area (Å²) in [7, 11) is 0. The minimum atomic E-state index is -1.04. The first-order valence-corrected chi connectivity index (χ1v) is 6.26. The topological polar surface area (TPSA) is 76.0 Å². The van der Waals surface area contributed by atoms with Gasteiger partial charge in [-0.25, -0.2) is 4.90 Å². The van der Waals surface area contributed by atoms with E-state index in [1.54, 1.807) is 24.3 Å². The summed E-state index contributed by atoms with van der Waals surface area (Å²) >= 11 is 5.77. The van der Waals surface area contributed by atoms with Gasteiger partial charge in [0.25, 0.3) is 5.91 Å². The van der Waals surface area contributed by atoms with Gasteiger partial charge in [-0.1, -0.05) is 16.8 Å². The van der Waals surface area contributed by atoms with Crippen LogP contribution < -0.4 is 4.90 Å². The molecule has 0 radical (unpaired) electrons. The third-order valence-corrected chi connectivity index (χ3v) is 3.51. The first-order chi connectivity index (χ1) is 9.50. The second kappa shape index (κ2) is 4.42. The molecule has 2 aliphatic rings. The zero-order valence-electron chi connectivity index (χ0n) is 10.4. The van der Waals surface area contributed by atoms with Crippen LogP contribution in [0, 0.1) is 5.92 Å². The van der Waals surface area contributed by atoms with E-state index in [1.165, 1.54) is 6.92 Å². The number of hydrogen-bond acceptors (Lipinski definition) is 5. The van der Waals surface area contributed by atoms with Gasteiger partial charge in [-0.3, -0.25) is 14.4 Å². The molecule has 0 unspecified atom stereocenters. The molecule has 0 N–H and O–H groups in total. The minimum Gasteiger partial charge on any atom is -0.381 e. The van der Waals surface area contributed by atoms with Gasteiger partial charge >= 0.3 is 0 Å². The second-order valence-corrected chi connectivity index (χ2v) is 4.96. The third kappa shape index (κ3) is 1.72. The predicted molar refractivity (Wildman–Crippen MR) is 70.4 cm³/mol. The highest BCUT2D eigenvalue weighted by Crippen LogP contribution is 2.33. The molecule has 1 aromatic rings. The molecule has 1 fully saturated rings. The Morgan fingerprint density at radius 3 is 2.50 bits per heavy atom. The summed E-state index contributed by atoms with van der Waals surface area (Å²) in [5.41, 5.74) is 0.384. The summed E-state index contributed by atoms with van der Waals surface area (Å²) in [5, 5.41) is 4.04. The summed E-state index contributed by atoms with van der Waals surface area (Å²) in [6.07, 6.45) is -1.04. The lowest BCUT2D eigenvalue weighted by atomic mass is 9.97. The maximum Gasteiger partial charge on any atom is 0.278 e. The van der Waals surface area contributed by atoms with Crippen LogP contribution >= 0.6 is 11.6 Å². The lowest BCUT2D eigenvalue weighted by molar-refractivity contribution is -0.126. The molecule has 0 spiro atoms. The molecule has 0 bridgehead atoms. The number of fused-ring (bicyclic) bond motifs is 1. The van der Waals surface area contributed by atoms with Crippen LogP contribution in [0.15, 0.2) is 29.4 Å². The number of halogens is 1. The smallest absolute Gasteiger partial charge is 0.278 e. The van der Waals surface area contributed by atoms with Gasteiger partial charge in [0.1, 0.15) is 11.6 Å². The minimum absolute atomic E-state index is 0.00943. The molecule has 0 saturated carbocycles. The van der Waals surface area contributed by atoms with Crippen molar-refractivity contribution in [2.24, 2.45) is 11.1 Å². The van der Waals surface area contributed by atoms with E-state index < -0.39 is 23.8 Å². The van der Waals surface area contributed by atoms with Gasteiger partial charge < -0.3 is 4.84 Å². The third-order valence-electron chi connectivity index (χ3n) is 3.26. The SMILES string of the molecule is CC(=O)C1=NO[C@@H]2C(=O)N(c3ccc(Cl)cc3)C(=O)[C@H]12. The van der Waals surface area contributed by atoms with E-state index in [4.69, 9.17) is 16.4 Å². The van der Waals surface area contributed by atoms with E-state index in [9.17, 15) is 14.4 Å². The average molecular weight is 293 g/mol. The Morgan fingerprint density at radius 2 is 1.90 bits per heavy atom. The Balaban J connectivity index is 1.98. The van der Waals surface area contributed by atoms with Crippen molar-refractivity contribution in [3.8, 4) is 0 Å². The Bertz CT molecular complexity index is 653. The molecule has 1 aromatic carbocycles. The summed E-state index contributed by atoms with van der Waals surface area (Å²) in [6, 6.07) is 6.27. The number of oxime groups is 1. The summed E-state index contributed by atoms with van der Waals surface area (Å²) < 4.78 is 0. The Morgan fingerprint density at radius 1 is 1.25 bits per heavy atom. The lowest BCUT2D eigenvalue weighted by Gasteiger charge is -2.14. The summed E-state index contributed by atoms with van der Waals surface area (Å²) in [4.78, 5) is 41.9. The molecular formula is C13H9ClN2O4. The summed E-state index contributed by atoms with van der Waals surface area (Å²) in [5.74, 6) is -2.36. The first-order valence-electron chi connectivity index (χ1n) is 5.88. The van der Waals surface area contributed by atoms with Crippen molar-refractivity contribution in [2.45, 2.75) is 13.0 Å². The zero-order chi connectivity index (χ0) is 14.4. The van der Waals surface area contributed by atoms with Gasteiger partial charge in [-0.2, -0.15) is 0 Å². The fraction of sp³-hybridized carbons (Fsp3) is 0.231. The highest BCUT2D eigenvalue weighted by Gasteiger charge is 2.56. The normalized spacial score (nSPS) is 24.5. The van der Waals surface area contributed by atoms with Gasteiger partial charge in [0, 0.05) is 11.9 Å². The first kappa shape index (κ1) is 12.8. The standard InChI is InChI=1S/C13H9ClN2O4/c1-6(17)10-9-11(20-15-10)13(19)16(12(9)18)8-4-2-7(14)3-5-8/h2-5,9,11H,1H3/t9-,11+/m1/s1. The lowest BCUT2D eigenvalue weighted by Crippen LogP contribution is -2.33. The number of carbonyl (C=O) groups excluding carboxylic acids is 3. The highest BCUT2D eigenvalue weighted by molar-refractivity contribution is 6.47. The van der Waals surface area contributed by atoms with Crippen molar-refractivity contribution in [3.05, 3.63) is 29.3 Å². The fourth-order valence-electron chi connectivity index (χ4n) is 2.31. The number of ketones is 1. The molecule has 1 saturated heterocycles. The van der Waals surface area contributed by atoms with Crippen LogP contribution in [0.25, 0.3) is 0 Å². The molecule has 0 aliphatic carbocycles. The van der Waals surface area contributed by atoms with Gasteiger partial charge in [-0.15, -0.1) is 0 Å². The van der Waals surface area contributed by atoms with Crippen LogP contribution in [-0.4, -0.2) is 29.4 Å². The quantitative estimate of drug-likeness (QED) is 0.767. The molecule has 0 aromatic heterocycles. The van der Waals surface area contributed by atoms with E-state index in [0.717, 1.165) is 4.90 Å². The molecular weight excluding hydrogens is 284 g/mol. The number of hydrogen-bond donors (Lipinski definition) is 0. The predicted octanol–water partition coefficient (Wildman–Crippen LogP) is 1.17. The Hall–Kier alpha value is -2.21. The van der Waals surface area contributed by atoms with Crippen LogP contribution in [0.5, 0.6) is 0 Å². The molecule has 2 heterocycles. The Labute approximate surface area is 118 Å². The summed E-state index contributed by atoms with van der Waals surface area (Å²) in [6.45, 7) is 1.28. The van der Waals surface area contributed by atoms with E-state index >= 15 is 0 Å². The number of Topliss-reactive ketones (excluding diaryl/α,β-unsaturated/α-hetero) is 1. The number of carbonyl (C=O) groups is 3. The van der Waals surface area contributed by atoms with E-state index in [0.29, 0.717) is 10.7 Å². The van der Waals surface area contributed by atoms with E-state index in [1.807, 2.05) is 0 Å². The molecule has 2 amide bonds. The van der Waals surface area contributed by atoms with Crippen molar-refractivity contribution >= 4 is 40.6 Å². The van der Waals surface area contributed by atoms with Crippen molar-refractivity contribution in [2.75, 3.05) is 4.90 Å². The van der Waals surface area contributed by atoms with Crippen LogP contribution in [0.3, 0.4) is 0 Å². The van der Waals surface area contributed by atoms with E-state index in [2.05, 4.69) is 5.16 Å². The molecule has 3 rings (SSSR count). The largest absolute Gasteiger partial charge is 0.381 e. The molecule has 6 nitrogen and oxygen atoms in total. The van der Waals surface area contributed by atoms with Crippen molar-refractivity contribution in [3.63, 3.8) is 0 Å². The second-order valence-electron chi connectivity index (χ2n) is 4.52. The van der Waals surface area contributed by atoms with Crippen LogP contribution in [0.1, 0.15) is 6.92 Å². The number of anilines is 1. The zero-order valence-corrected chi connectivity index (χ0v) is 11.1. The number of nitrogens with zero attached hydrogens (tertiary/aromatic N) is 2.